The molecule has 4 rings (SSSR count). The Bertz CT molecular complexity index is 965. The molecule has 3 aromatic rings. The molecule has 4 nitrogen and oxygen atoms in total. The van der Waals surface area contributed by atoms with Crippen LogP contribution in [0.25, 0.3) is 22.3 Å². The molecule has 0 radical (unpaired) electrons. The van der Waals surface area contributed by atoms with Crippen molar-refractivity contribution in [2.24, 2.45) is 7.05 Å². The topological polar surface area (TPSA) is 46.5 Å². The molecule has 112 valence electrons. The molecule has 2 aromatic heterocycles. The molecule has 2 heterocycles. The summed E-state index contributed by atoms with van der Waals surface area (Å²) in [6, 6.07) is 4.35. The van der Waals surface area contributed by atoms with Crippen LogP contribution >= 0.6 is 12.2 Å². The van der Waals surface area contributed by atoms with E-state index in [1.807, 2.05) is 11.6 Å². The molecule has 0 aliphatic heterocycles. The van der Waals surface area contributed by atoms with Crippen molar-refractivity contribution in [1.82, 2.24) is 19.7 Å². The highest BCUT2D eigenvalue weighted by Gasteiger charge is 2.24. The number of aryl methyl sites for hydroxylation is 3. The number of benzene rings is 1. The molecule has 0 amide bonds. The number of nitrogens with one attached hydrogen (secondary N) is 1. The minimum absolute atomic E-state index is 0.649. The van der Waals surface area contributed by atoms with Gasteiger partial charge in [0, 0.05) is 23.7 Å². The van der Waals surface area contributed by atoms with E-state index >= 15 is 0 Å². The van der Waals surface area contributed by atoms with Crippen LogP contribution in [0.3, 0.4) is 0 Å². The van der Waals surface area contributed by atoms with Gasteiger partial charge in [0.05, 0.1) is 5.52 Å². The normalized spacial score (nSPS) is 13.8. The second kappa shape index (κ2) is 4.74. The van der Waals surface area contributed by atoms with Crippen molar-refractivity contribution in [3.05, 3.63) is 39.3 Å². The number of hydrogen-bond acceptors (Lipinski definition) is 3. The van der Waals surface area contributed by atoms with Gasteiger partial charge < -0.3 is 4.57 Å². The van der Waals surface area contributed by atoms with Gasteiger partial charge in [-0.3, -0.25) is 10.1 Å². The Morgan fingerprint density at radius 2 is 2.05 bits per heavy atom. The largest absolute Gasteiger partial charge is 0.303 e. The molecular weight excluding hydrogens is 292 g/mol. The minimum atomic E-state index is 0.649. The number of nitrogens with zero attached hydrogens (tertiary/aromatic N) is 3. The zero-order chi connectivity index (χ0) is 15.4. The molecule has 0 saturated carbocycles. The van der Waals surface area contributed by atoms with Gasteiger partial charge in [-0.25, -0.2) is 0 Å². The van der Waals surface area contributed by atoms with Crippen LogP contribution < -0.4 is 0 Å². The molecule has 0 atom stereocenters. The lowest BCUT2D eigenvalue weighted by Crippen LogP contribution is -2.02. The van der Waals surface area contributed by atoms with Crippen LogP contribution in [-0.2, 0) is 19.9 Å². The van der Waals surface area contributed by atoms with E-state index in [4.69, 9.17) is 17.2 Å². The van der Waals surface area contributed by atoms with Gasteiger partial charge in [-0.15, -0.1) is 0 Å². The van der Waals surface area contributed by atoms with Gasteiger partial charge in [0.1, 0.15) is 0 Å². The first kappa shape index (κ1) is 13.6. The lowest BCUT2D eigenvalue weighted by atomic mass is 9.96. The first-order valence-electron chi connectivity index (χ1n) is 7.61. The van der Waals surface area contributed by atoms with Gasteiger partial charge in [-0.05, 0) is 62.0 Å². The van der Waals surface area contributed by atoms with Crippen LogP contribution in [0.1, 0.15) is 28.8 Å². The molecule has 1 aliphatic rings. The number of aromatic amines is 1. The molecule has 0 fully saturated rings. The summed E-state index contributed by atoms with van der Waals surface area (Å²) in [7, 11) is 1.97. The fraction of sp³-hybridized carbons (Fsp3) is 0.353. The summed E-state index contributed by atoms with van der Waals surface area (Å²) in [5.74, 6) is 0.916. The van der Waals surface area contributed by atoms with Crippen LogP contribution in [0.15, 0.2) is 12.1 Å². The Morgan fingerprint density at radius 1 is 1.23 bits per heavy atom. The van der Waals surface area contributed by atoms with Crippen LogP contribution in [0, 0.1) is 18.6 Å². The second-order valence-corrected chi connectivity index (χ2v) is 6.47. The Kier molecular flexibility index (Phi) is 2.94. The van der Waals surface area contributed by atoms with E-state index in [1.165, 1.54) is 39.8 Å². The molecule has 0 spiro atoms. The number of pyridine rings is 1. The van der Waals surface area contributed by atoms with Crippen LogP contribution in [0.2, 0.25) is 0 Å². The van der Waals surface area contributed by atoms with Gasteiger partial charge in [0.2, 0.25) is 0 Å². The van der Waals surface area contributed by atoms with Crippen molar-refractivity contribution < 1.29 is 0 Å². The first-order valence-corrected chi connectivity index (χ1v) is 8.02. The van der Waals surface area contributed by atoms with Gasteiger partial charge in [0.25, 0.3) is 0 Å². The number of aromatic nitrogens is 4. The maximum Gasteiger partial charge on any atom is 0.195 e. The summed E-state index contributed by atoms with van der Waals surface area (Å²) in [5.41, 5.74) is 7.41. The number of hydrogen-bond donors (Lipinski definition) is 1. The summed E-state index contributed by atoms with van der Waals surface area (Å²) < 4.78 is 2.60. The van der Waals surface area contributed by atoms with Crippen molar-refractivity contribution in [3.8, 4) is 11.4 Å². The quantitative estimate of drug-likeness (QED) is 0.695. The average molecular weight is 310 g/mol. The second-order valence-electron chi connectivity index (χ2n) is 6.08. The van der Waals surface area contributed by atoms with Crippen molar-refractivity contribution >= 4 is 23.1 Å². The van der Waals surface area contributed by atoms with E-state index in [1.54, 1.807) is 0 Å². The zero-order valence-electron chi connectivity index (χ0n) is 13.0. The maximum atomic E-state index is 5.30. The number of H-pyrrole nitrogens is 1. The standard InChI is InChI=1S/C17H18N4S/c1-9-7-8-12-14(16-19-20-17(22)21(16)3)11-5-4-6-13(11)18-15(12)10(9)2/h7-8H,4-6H2,1-3H3,(H,20,22). The molecule has 1 aromatic carbocycles. The summed E-state index contributed by atoms with van der Waals surface area (Å²) in [5, 5.41) is 8.58. The monoisotopic (exact) mass is 310 g/mol. The fourth-order valence-electron chi connectivity index (χ4n) is 3.39. The summed E-state index contributed by atoms with van der Waals surface area (Å²) in [6.45, 7) is 4.29. The summed E-state index contributed by atoms with van der Waals surface area (Å²) >= 11 is 5.30. The smallest absolute Gasteiger partial charge is 0.195 e. The highest BCUT2D eigenvalue weighted by molar-refractivity contribution is 7.71. The highest BCUT2D eigenvalue weighted by Crippen LogP contribution is 2.37. The Balaban J connectivity index is 2.19. The molecule has 1 aliphatic carbocycles. The zero-order valence-corrected chi connectivity index (χ0v) is 13.8. The first-order chi connectivity index (χ1) is 10.6. The molecule has 0 unspecified atom stereocenters. The molecule has 0 bridgehead atoms. The van der Waals surface area contributed by atoms with Gasteiger partial charge in [-0.1, -0.05) is 12.1 Å². The predicted octanol–water partition coefficient (Wildman–Crippen LogP) is 3.80. The van der Waals surface area contributed by atoms with Crippen molar-refractivity contribution in [3.63, 3.8) is 0 Å². The lowest BCUT2D eigenvalue weighted by Gasteiger charge is -2.14. The number of rotatable bonds is 1. The van der Waals surface area contributed by atoms with E-state index in [0.717, 1.165) is 24.2 Å². The molecule has 1 N–H and O–H groups in total. The summed E-state index contributed by atoms with van der Waals surface area (Å²) in [4.78, 5) is 4.97. The molecular formula is C17H18N4S. The van der Waals surface area contributed by atoms with Gasteiger partial charge >= 0.3 is 0 Å². The third kappa shape index (κ3) is 1.78. The SMILES string of the molecule is Cc1ccc2c(-c3n[nH]c(=S)n3C)c3c(nc2c1C)CCC3. The van der Waals surface area contributed by atoms with E-state index in [2.05, 4.69) is 36.2 Å². The third-order valence-electron chi connectivity index (χ3n) is 4.81. The number of fused-ring (bicyclic) bond motifs is 2. The van der Waals surface area contributed by atoms with Crippen LogP contribution in [0.5, 0.6) is 0 Å². The Morgan fingerprint density at radius 3 is 2.77 bits per heavy atom. The predicted molar refractivity (Wildman–Crippen MR) is 90.6 cm³/mol. The van der Waals surface area contributed by atoms with Crippen molar-refractivity contribution in [2.45, 2.75) is 33.1 Å². The summed E-state index contributed by atoms with van der Waals surface area (Å²) in [6.07, 6.45) is 3.29. The van der Waals surface area contributed by atoms with Gasteiger partial charge in [-0.2, -0.15) is 5.10 Å². The Labute approximate surface area is 134 Å². The maximum absolute atomic E-state index is 5.30. The minimum Gasteiger partial charge on any atom is -0.303 e. The molecule has 0 saturated heterocycles. The van der Waals surface area contributed by atoms with Crippen molar-refractivity contribution in [2.75, 3.05) is 0 Å². The van der Waals surface area contributed by atoms with Crippen LogP contribution in [-0.4, -0.2) is 19.7 Å². The van der Waals surface area contributed by atoms with Crippen LogP contribution in [0.4, 0.5) is 0 Å². The van der Waals surface area contributed by atoms with E-state index in [9.17, 15) is 0 Å². The Hall–Kier alpha value is -2.01. The third-order valence-corrected chi connectivity index (χ3v) is 5.18. The molecule has 22 heavy (non-hydrogen) atoms. The highest BCUT2D eigenvalue weighted by atomic mass is 32.1. The van der Waals surface area contributed by atoms with Gasteiger partial charge in [0.15, 0.2) is 10.6 Å². The van der Waals surface area contributed by atoms with E-state index in [-0.39, 0.29) is 0 Å². The lowest BCUT2D eigenvalue weighted by molar-refractivity contribution is 0.893. The average Bonchev–Trinajstić information content (AvgIpc) is 3.09. The molecule has 5 heteroatoms. The van der Waals surface area contributed by atoms with E-state index < -0.39 is 0 Å². The van der Waals surface area contributed by atoms with Crippen molar-refractivity contribution in [1.29, 1.82) is 0 Å². The fourth-order valence-corrected chi connectivity index (χ4v) is 3.52. The van der Waals surface area contributed by atoms with E-state index in [0.29, 0.717) is 4.77 Å².